The smallest absolute Gasteiger partial charge is 0.205 e. The molecule has 5 rings (SSSR count). The van der Waals surface area contributed by atoms with E-state index in [9.17, 15) is 4.79 Å². The third kappa shape index (κ3) is 2.14. The fourth-order valence-corrected chi connectivity index (χ4v) is 3.72. The van der Waals surface area contributed by atoms with Crippen molar-refractivity contribution in [1.29, 1.82) is 0 Å². The number of carbonyl (C=O) groups excluding carboxylic acids is 1. The van der Waals surface area contributed by atoms with E-state index in [1.807, 2.05) is 41.1 Å². The van der Waals surface area contributed by atoms with E-state index in [2.05, 4.69) is 35.1 Å². The third-order valence-electron chi connectivity index (χ3n) is 4.99. The van der Waals surface area contributed by atoms with Gasteiger partial charge in [-0.2, -0.15) is 0 Å². The van der Waals surface area contributed by atoms with Gasteiger partial charge in [-0.05, 0) is 55.7 Å². The first kappa shape index (κ1) is 14.2. The molecular formula is C21H17N3O. The largest absolute Gasteiger partial charge is 0.352 e. The molecular weight excluding hydrogens is 310 g/mol. The predicted octanol–water partition coefficient (Wildman–Crippen LogP) is 4.34. The van der Waals surface area contributed by atoms with Gasteiger partial charge in [0.05, 0.1) is 17.6 Å². The molecule has 25 heavy (non-hydrogen) atoms. The van der Waals surface area contributed by atoms with Gasteiger partial charge < -0.3 is 9.38 Å². The lowest BCUT2D eigenvalue weighted by Crippen LogP contribution is -2.13. The van der Waals surface area contributed by atoms with Gasteiger partial charge in [-0.15, -0.1) is 0 Å². The Hall–Kier alpha value is -3.14. The minimum absolute atomic E-state index is 0.0981. The number of H-pyrrole nitrogens is 1. The number of allylic oxidation sites excluding steroid dienone is 1. The van der Waals surface area contributed by atoms with Crippen LogP contribution in [0.5, 0.6) is 0 Å². The van der Waals surface area contributed by atoms with E-state index in [0.717, 1.165) is 46.5 Å². The quantitative estimate of drug-likeness (QED) is 0.529. The Labute approximate surface area is 144 Å². The zero-order chi connectivity index (χ0) is 17.0. The van der Waals surface area contributed by atoms with Crippen LogP contribution in [0.15, 0.2) is 54.4 Å². The fraction of sp³-hybridized carbons (Fsp3) is 0.143. The van der Waals surface area contributed by atoms with E-state index in [4.69, 9.17) is 0 Å². The number of ketones is 1. The number of hydrogen-bond donors (Lipinski definition) is 1. The summed E-state index contributed by atoms with van der Waals surface area (Å²) in [5.74, 6) is 0.0981. The Morgan fingerprint density at radius 2 is 2.12 bits per heavy atom. The SMILES string of the molecule is Cc1ccc2[nH]c3c(c2c1)CC/C(=C\c1cnc2ccccn12)C3=O. The number of nitrogens with zero attached hydrogens (tertiary/aromatic N) is 2. The summed E-state index contributed by atoms with van der Waals surface area (Å²) in [7, 11) is 0. The lowest BCUT2D eigenvalue weighted by Gasteiger charge is -2.14. The average molecular weight is 327 g/mol. The lowest BCUT2D eigenvalue weighted by molar-refractivity contribution is 0.102. The Morgan fingerprint density at radius 1 is 1.20 bits per heavy atom. The topological polar surface area (TPSA) is 50.2 Å². The molecule has 3 aromatic heterocycles. The zero-order valence-corrected chi connectivity index (χ0v) is 13.9. The van der Waals surface area contributed by atoms with Crippen LogP contribution in [0, 0.1) is 6.92 Å². The maximum atomic E-state index is 13.0. The molecule has 4 nitrogen and oxygen atoms in total. The standard InChI is InChI=1S/C21H17N3O/c1-13-5-8-18-17(10-13)16-7-6-14(21(25)20(16)23-18)11-15-12-22-19-4-2-3-9-24(15)19/h2-5,8-12,23H,6-7H2,1H3/b14-11+. The van der Waals surface area contributed by atoms with Crippen LogP contribution in [-0.4, -0.2) is 20.2 Å². The van der Waals surface area contributed by atoms with E-state index in [0.29, 0.717) is 0 Å². The molecule has 0 amide bonds. The molecule has 4 heteroatoms. The van der Waals surface area contributed by atoms with Gasteiger partial charge >= 0.3 is 0 Å². The number of fused-ring (bicyclic) bond motifs is 4. The van der Waals surface area contributed by atoms with Gasteiger partial charge in [-0.3, -0.25) is 4.79 Å². The number of carbonyl (C=O) groups is 1. The summed E-state index contributed by atoms with van der Waals surface area (Å²) < 4.78 is 2.00. The van der Waals surface area contributed by atoms with Crippen LogP contribution in [0.3, 0.4) is 0 Å². The van der Waals surface area contributed by atoms with Crippen molar-refractivity contribution in [1.82, 2.24) is 14.4 Å². The molecule has 0 radical (unpaired) electrons. The van der Waals surface area contributed by atoms with Crippen LogP contribution in [-0.2, 0) is 6.42 Å². The number of pyridine rings is 1. The number of Topliss-reactive ketones (excluding diaryl/α,β-unsaturated/α-hetero) is 1. The number of aryl methyl sites for hydroxylation is 2. The number of imidazole rings is 1. The number of benzene rings is 1. The van der Waals surface area contributed by atoms with Gasteiger partial charge in [0.1, 0.15) is 5.65 Å². The second-order valence-electron chi connectivity index (χ2n) is 6.64. The van der Waals surface area contributed by atoms with Crippen molar-refractivity contribution in [3.05, 3.63) is 76.9 Å². The molecule has 122 valence electrons. The second kappa shape index (κ2) is 5.18. The number of nitrogens with one attached hydrogen (secondary N) is 1. The highest BCUT2D eigenvalue weighted by Gasteiger charge is 2.26. The number of aromatic amines is 1. The van der Waals surface area contributed by atoms with Crippen LogP contribution in [0.25, 0.3) is 22.6 Å². The number of rotatable bonds is 1. The van der Waals surface area contributed by atoms with Crippen LogP contribution in [0.4, 0.5) is 0 Å². The Morgan fingerprint density at radius 3 is 3.04 bits per heavy atom. The van der Waals surface area contributed by atoms with E-state index in [-0.39, 0.29) is 5.78 Å². The lowest BCUT2D eigenvalue weighted by atomic mass is 9.89. The van der Waals surface area contributed by atoms with Crippen molar-refractivity contribution in [3.8, 4) is 0 Å². The molecule has 0 spiro atoms. The highest BCUT2D eigenvalue weighted by molar-refractivity contribution is 6.15. The molecule has 0 saturated carbocycles. The number of hydrogen-bond acceptors (Lipinski definition) is 2. The summed E-state index contributed by atoms with van der Waals surface area (Å²) >= 11 is 0. The van der Waals surface area contributed by atoms with Crippen molar-refractivity contribution in [2.75, 3.05) is 0 Å². The van der Waals surface area contributed by atoms with E-state index in [1.54, 1.807) is 0 Å². The molecule has 1 aliphatic carbocycles. The van der Waals surface area contributed by atoms with Crippen LogP contribution in [0.2, 0.25) is 0 Å². The fourth-order valence-electron chi connectivity index (χ4n) is 3.72. The highest BCUT2D eigenvalue weighted by atomic mass is 16.1. The summed E-state index contributed by atoms with van der Waals surface area (Å²) in [5.41, 5.74) is 6.81. The summed E-state index contributed by atoms with van der Waals surface area (Å²) in [6.45, 7) is 2.08. The molecule has 0 unspecified atom stereocenters. The highest BCUT2D eigenvalue weighted by Crippen LogP contribution is 2.32. The van der Waals surface area contributed by atoms with Crippen molar-refractivity contribution in [2.24, 2.45) is 0 Å². The summed E-state index contributed by atoms with van der Waals surface area (Å²) in [5, 5.41) is 1.18. The van der Waals surface area contributed by atoms with Crippen LogP contribution < -0.4 is 0 Å². The summed E-state index contributed by atoms with van der Waals surface area (Å²) in [6, 6.07) is 12.2. The van der Waals surface area contributed by atoms with Crippen molar-refractivity contribution < 1.29 is 4.79 Å². The maximum Gasteiger partial charge on any atom is 0.205 e. The van der Waals surface area contributed by atoms with Crippen molar-refractivity contribution >= 4 is 28.4 Å². The monoisotopic (exact) mass is 327 g/mol. The molecule has 4 aromatic rings. The molecule has 3 heterocycles. The summed E-state index contributed by atoms with van der Waals surface area (Å²) in [4.78, 5) is 20.7. The molecule has 0 saturated heterocycles. The maximum absolute atomic E-state index is 13.0. The predicted molar refractivity (Wildman–Crippen MR) is 98.9 cm³/mol. The van der Waals surface area contributed by atoms with E-state index in [1.165, 1.54) is 10.9 Å². The molecule has 1 aliphatic rings. The molecule has 0 fully saturated rings. The van der Waals surface area contributed by atoms with Crippen molar-refractivity contribution in [2.45, 2.75) is 19.8 Å². The van der Waals surface area contributed by atoms with Crippen molar-refractivity contribution in [3.63, 3.8) is 0 Å². The van der Waals surface area contributed by atoms with Gasteiger partial charge in [0, 0.05) is 22.7 Å². The van der Waals surface area contributed by atoms with Gasteiger partial charge in [0.2, 0.25) is 5.78 Å². The second-order valence-corrected chi connectivity index (χ2v) is 6.64. The first-order valence-electron chi connectivity index (χ1n) is 8.49. The normalized spacial score (nSPS) is 16.0. The van der Waals surface area contributed by atoms with Gasteiger partial charge in [-0.25, -0.2) is 4.98 Å². The molecule has 1 aromatic carbocycles. The minimum Gasteiger partial charge on any atom is -0.352 e. The first-order chi connectivity index (χ1) is 12.2. The third-order valence-corrected chi connectivity index (χ3v) is 4.99. The Kier molecular flexibility index (Phi) is 2.95. The minimum atomic E-state index is 0.0981. The molecule has 0 aliphatic heterocycles. The van der Waals surface area contributed by atoms with E-state index >= 15 is 0 Å². The Bertz CT molecular complexity index is 1180. The molecule has 0 atom stereocenters. The zero-order valence-electron chi connectivity index (χ0n) is 13.9. The number of aromatic nitrogens is 3. The molecule has 0 bridgehead atoms. The van der Waals surface area contributed by atoms with Crippen LogP contribution >= 0.6 is 0 Å². The first-order valence-corrected chi connectivity index (χ1v) is 8.49. The Balaban J connectivity index is 1.62. The van der Waals surface area contributed by atoms with Crippen LogP contribution in [0.1, 0.15) is 33.7 Å². The van der Waals surface area contributed by atoms with E-state index < -0.39 is 0 Å². The average Bonchev–Trinajstić information content (AvgIpc) is 3.19. The van der Waals surface area contributed by atoms with Gasteiger partial charge in [-0.1, -0.05) is 17.7 Å². The summed E-state index contributed by atoms with van der Waals surface area (Å²) in [6.07, 6.45) is 7.40. The van der Waals surface area contributed by atoms with Gasteiger partial charge in [0.15, 0.2) is 0 Å². The van der Waals surface area contributed by atoms with Gasteiger partial charge in [0.25, 0.3) is 0 Å². The molecule has 1 N–H and O–H groups in total.